The van der Waals surface area contributed by atoms with Crippen molar-refractivity contribution in [1.82, 2.24) is 9.97 Å². The predicted molar refractivity (Wildman–Crippen MR) is 112 cm³/mol. The van der Waals surface area contributed by atoms with Crippen LogP contribution in [-0.4, -0.2) is 23.6 Å². The van der Waals surface area contributed by atoms with Crippen LogP contribution in [0.3, 0.4) is 0 Å². The summed E-state index contributed by atoms with van der Waals surface area (Å²) in [5.74, 6) is 6.05. The number of rotatable bonds is 3. The molecule has 0 saturated heterocycles. The topological polar surface area (TPSA) is 59.9 Å². The minimum atomic E-state index is -3.30. The molecule has 0 bridgehead atoms. The van der Waals surface area contributed by atoms with Crippen molar-refractivity contribution in [1.29, 1.82) is 0 Å². The molecular weight excluding hydrogens is 392 g/mol. The highest BCUT2D eigenvalue weighted by atomic mass is 35.5. The van der Waals surface area contributed by atoms with E-state index in [1.165, 1.54) is 0 Å². The van der Waals surface area contributed by atoms with E-state index in [4.69, 9.17) is 11.6 Å². The maximum absolute atomic E-state index is 12.3. The molecule has 1 aromatic heterocycles. The van der Waals surface area contributed by atoms with Gasteiger partial charge in [-0.15, -0.1) is 0 Å². The van der Waals surface area contributed by atoms with Crippen molar-refractivity contribution in [2.45, 2.75) is 30.9 Å². The van der Waals surface area contributed by atoms with Crippen LogP contribution in [0.25, 0.3) is 11.3 Å². The second-order valence-corrected chi connectivity index (χ2v) is 9.45. The molecular formula is C22H19ClN2O2S. The third-order valence-corrected chi connectivity index (χ3v) is 6.74. The first-order valence-electron chi connectivity index (χ1n) is 8.73. The van der Waals surface area contributed by atoms with Crippen molar-refractivity contribution in [3.63, 3.8) is 0 Å². The van der Waals surface area contributed by atoms with Crippen molar-refractivity contribution in [2.75, 3.05) is 0 Å². The Labute approximate surface area is 170 Å². The van der Waals surface area contributed by atoms with Crippen LogP contribution in [0.1, 0.15) is 30.8 Å². The number of aromatic nitrogens is 2. The summed E-state index contributed by atoms with van der Waals surface area (Å²) in [6.07, 6.45) is 1.65. The lowest BCUT2D eigenvalue weighted by Crippen LogP contribution is -2.13. The van der Waals surface area contributed by atoms with Crippen LogP contribution in [0.15, 0.2) is 59.6 Å². The van der Waals surface area contributed by atoms with Gasteiger partial charge in [0.15, 0.2) is 9.84 Å². The number of aryl methyl sites for hydroxylation is 1. The van der Waals surface area contributed by atoms with Gasteiger partial charge in [0.05, 0.1) is 32.8 Å². The lowest BCUT2D eigenvalue weighted by atomic mass is 10.1. The first kappa shape index (κ1) is 20.1. The average Bonchev–Trinajstić information content (AvgIpc) is 2.68. The van der Waals surface area contributed by atoms with E-state index in [9.17, 15) is 8.42 Å². The summed E-state index contributed by atoms with van der Waals surface area (Å²) in [4.78, 5) is 9.26. The number of hydrogen-bond donors (Lipinski definition) is 0. The molecule has 0 amide bonds. The minimum absolute atomic E-state index is 0.296. The van der Waals surface area contributed by atoms with Crippen LogP contribution in [0, 0.1) is 18.8 Å². The average molecular weight is 411 g/mol. The summed E-state index contributed by atoms with van der Waals surface area (Å²) in [5.41, 5.74) is 3.39. The van der Waals surface area contributed by atoms with Gasteiger partial charge in [0, 0.05) is 11.1 Å². The summed E-state index contributed by atoms with van der Waals surface area (Å²) >= 11 is 6.14. The number of hydrogen-bond acceptors (Lipinski definition) is 4. The molecule has 142 valence electrons. The van der Waals surface area contributed by atoms with Gasteiger partial charge in [0.2, 0.25) is 0 Å². The first-order chi connectivity index (χ1) is 13.3. The molecule has 1 heterocycles. The highest BCUT2D eigenvalue weighted by Gasteiger charge is 2.19. The van der Waals surface area contributed by atoms with Crippen LogP contribution in [0.2, 0.25) is 5.02 Å². The van der Waals surface area contributed by atoms with Crippen LogP contribution in [0.4, 0.5) is 0 Å². The second kappa shape index (κ2) is 8.14. The molecule has 0 aliphatic rings. The monoisotopic (exact) mass is 410 g/mol. The lowest BCUT2D eigenvalue weighted by molar-refractivity contribution is 0.587. The zero-order valence-corrected chi connectivity index (χ0v) is 17.3. The van der Waals surface area contributed by atoms with Gasteiger partial charge in [-0.3, -0.25) is 4.98 Å². The normalized spacial score (nSPS) is 11.2. The van der Waals surface area contributed by atoms with E-state index in [2.05, 4.69) is 21.8 Å². The molecule has 3 rings (SSSR count). The summed E-state index contributed by atoms with van der Waals surface area (Å²) in [6.45, 7) is 5.17. The van der Waals surface area contributed by atoms with Gasteiger partial charge in [-0.25, -0.2) is 13.4 Å². The highest BCUT2D eigenvalue weighted by molar-refractivity contribution is 7.92. The zero-order valence-electron chi connectivity index (χ0n) is 15.8. The summed E-state index contributed by atoms with van der Waals surface area (Å²) < 4.78 is 24.5. The van der Waals surface area contributed by atoms with Crippen molar-refractivity contribution < 1.29 is 8.42 Å². The van der Waals surface area contributed by atoms with E-state index in [0.717, 1.165) is 11.1 Å². The van der Waals surface area contributed by atoms with E-state index in [1.807, 2.05) is 25.1 Å². The summed E-state index contributed by atoms with van der Waals surface area (Å²) in [6, 6.07) is 14.0. The van der Waals surface area contributed by atoms with Gasteiger partial charge in [-0.1, -0.05) is 41.8 Å². The van der Waals surface area contributed by atoms with Crippen LogP contribution in [0.5, 0.6) is 0 Å². The quantitative estimate of drug-likeness (QED) is 0.588. The van der Waals surface area contributed by atoms with Gasteiger partial charge < -0.3 is 0 Å². The van der Waals surface area contributed by atoms with Gasteiger partial charge in [0.25, 0.3) is 0 Å². The number of halogens is 1. The minimum Gasteiger partial charge on any atom is -0.256 e. The molecule has 28 heavy (non-hydrogen) atoms. The standard InChI is InChI=1S/C22H19ClN2O2S/c1-15(2)28(26,27)19-11-8-18(9-12-19)22-14-24-16(3)21(25-22)13-10-17-6-4-5-7-20(17)23/h4-9,11-12,14-15H,1-3H3. The Morgan fingerprint density at radius 3 is 2.32 bits per heavy atom. The smallest absolute Gasteiger partial charge is 0.180 e. The molecule has 4 nitrogen and oxygen atoms in total. The number of benzene rings is 2. The Morgan fingerprint density at radius 2 is 1.68 bits per heavy atom. The van der Waals surface area contributed by atoms with Crippen molar-refractivity contribution in [3.8, 4) is 23.1 Å². The zero-order chi connectivity index (χ0) is 20.3. The molecule has 0 aliphatic heterocycles. The SMILES string of the molecule is Cc1ncc(-c2ccc(S(=O)(=O)C(C)C)cc2)nc1C#Cc1ccccc1Cl. The van der Waals surface area contributed by atoms with Crippen molar-refractivity contribution in [3.05, 3.63) is 76.7 Å². The Bertz CT molecular complexity index is 1180. The Balaban J connectivity index is 1.95. The fourth-order valence-electron chi connectivity index (χ4n) is 2.48. The van der Waals surface area contributed by atoms with Crippen LogP contribution < -0.4 is 0 Å². The molecule has 6 heteroatoms. The maximum Gasteiger partial charge on any atom is 0.180 e. The summed E-state index contributed by atoms with van der Waals surface area (Å²) in [5, 5.41) is 0.114. The van der Waals surface area contributed by atoms with E-state index in [-0.39, 0.29) is 0 Å². The molecule has 0 saturated carbocycles. The molecule has 0 aliphatic carbocycles. The van der Waals surface area contributed by atoms with Crippen molar-refractivity contribution >= 4 is 21.4 Å². The molecule has 3 aromatic rings. The van der Waals surface area contributed by atoms with Crippen molar-refractivity contribution in [2.24, 2.45) is 0 Å². The predicted octanol–water partition coefficient (Wildman–Crippen LogP) is 4.69. The fourth-order valence-corrected chi connectivity index (χ4v) is 3.73. The molecule has 0 atom stereocenters. The molecule has 0 spiro atoms. The Morgan fingerprint density at radius 1 is 1.00 bits per heavy atom. The third kappa shape index (κ3) is 4.24. The van der Waals surface area contributed by atoms with E-state index >= 15 is 0 Å². The van der Waals surface area contributed by atoms with Gasteiger partial charge >= 0.3 is 0 Å². The Kier molecular flexibility index (Phi) is 5.83. The van der Waals surface area contributed by atoms with Gasteiger partial charge in [-0.05, 0) is 51.0 Å². The molecule has 0 radical (unpaired) electrons. The van der Waals surface area contributed by atoms with E-state index < -0.39 is 15.1 Å². The van der Waals surface area contributed by atoms with E-state index in [1.54, 1.807) is 50.4 Å². The lowest BCUT2D eigenvalue weighted by Gasteiger charge is -2.09. The van der Waals surface area contributed by atoms with Gasteiger partial charge in [0.1, 0.15) is 5.69 Å². The first-order valence-corrected chi connectivity index (χ1v) is 10.7. The summed E-state index contributed by atoms with van der Waals surface area (Å²) in [7, 11) is -3.30. The number of sulfone groups is 1. The Hall–Kier alpha value is -2.68. The molecule has 0 fully saturated rings. The fraction of sp³-hybridized carbons (Fsp3) is 0.182. The van der Waals surface area contributed by atoms with E-state index in [0.29, 0.717) is 27.0 Å². The molecule has 0 N–H and O–H groups in total. The van der Waals surface area contributed by atoms with Crippen LogP contribution in [-0.2, 0) is 9.84 Å². The number of nitrogens with zero attached hydrogens (tertiary/aromatic N) is 2. The van der Waals surface area contributed by atoms with Crippen LogP contribution >= 0.6 is 11.6 Å². The van der Waals surface area contributed by atoms with Gasteiger partial charge in [-0.2, -0.15) is 0 Å². The molecule has 0 unspecified atom stereocenters. The molecule has 2 aromatic carbocycles. The second-order valence-electron chi connectivity index (χ2n) is 6.54. The maximum atomic E-state index is 12.3. The highest BCUT2D eigenvalue weighted by Crippen LogP contribution is 2.22. The largest absolute Gasteiger partial charge is 0.256 e. The third-order valence-electron chi connectivity index (χ3n) is 4.24.